The number of carbonyl (C=O) groups excluding carboxylic acids is 1. The van der Waals surface area contributed by atoms with Crippen molar-refractivity contribution in [2.24, 2.45) is 0 Å². The van der Waals surface area contributed by atoms with Gasteiger partial charge in [0.1, 0.15) is 0 Å². The molecule has 1 fully saturated rings. The predicted molar refractivity (Wildman–Crippen MR) is 154 cm³/mol. The fourth-order valence-corrected chi connectivity index (χ4v) is 6.94. The molecule has 0 spiro atoms. The molecule has 1 aliphatic carbocycles. The maximum atomic E-state index is 13.7. The molecule has 0 bridgehead atoms. The Labute approximate surface area is 231 Å². The molecule has 3 aromatic carbocycles. The van der Waals surface area contributed by atoms with E-state index in [9.17, 15) is 4.79 Å². The molecule has 0 atom stereocenters. The summed E-state index contributed by atoms with van der Waals surface area (Å²) < 4.78 is 7.90. The molecule has 1 saturated carbocycles. The third kappa shape index (κ3) is 4.17. The number of hydrogen-bond donors (Lipinski definition) is 0. The van der Waals surface area contributed by atoms with Crippen LogP contribution in [-0.2, 0) is 0 Å². The van der Waals surface area contributed by atoms with Gasteiger partial charge in [-0.3, -0.25) is 4.79 Å². The van der Waals surface area contributed by atoms with E-state index in [2.05, 4.69) is 53.9 Å². The van der Waals surface area contributed by atoms with Crippen molar-refractivity contribution in [3.63, 3.8) is 0 Å². The van der Waals surface area contributed by atoms with Crippen molar-refractivity contribution >= 4 is 23.4 Å². The topological polar surface area (TPSA) is 64.2 Å². The van der Waals surface area contributed by atoms with Crippen LogP contribution in [0.4, 0.5) is 5.69 Å². The van der Waals surface area contributed by atoms with E-state index in [-0.39, 0.29) is 11.9 Å². The average molecular weight is 533 g/mol. The minimum Gasteiger partial charge on any atom is -0.334 e. The summed E-state index contributed by atoms with van der Waals surface area (Å²) in [5, 5.41) is 4.31. The number of rotatable bonds is 4. The van der Waals surface area contributed by atoms with E-state index >= 15 is 0 Å². The summed E-state index contributed by atoms with van der Waals surface area (Å²) in [6.45, 7) is 4.21. The summed E-state index contributed by atoms with van der Waals surface area (Å²) >= 11 is 1.63. The second-order valence-corrected chi connectivity index (χ2v) is 11.4. The molecular formula is C32H28N4O2S. The van der Waals surface area contributed by atoms with Gasteiger partial charge in [-0.2, -0.15) is 4.98 Å². The fraction of sp³-hybridized carbons (Fsp3) is 0.219. The van der Waals surface area contributed by atoms with E-state index < -0.39 is 0 Å². The van der Waals surface area contributed by atoms with Gasteiger partial charge >= 0.3 is 0 Å². The molecular weight excluding hydrogens is 504 g/mol. The van der Waals surface area contributed by atoms with Crippen molar-refractivity contribution < 1.29 is 9.32 Å². The van der Waals surface area contributed by atoms with Crippen molar-refractivity contribution in [3.05, 3.63) is 95.8 Å². The van der Waals surface area contributed by atoms with Crippen LogP contribution in [0.3, 0.4) is 0 Å². The first-order valence-corrected chi connectivity index (χ1v) is 14.2. The highest BCUT2D eigenvalue weighted by Gasteiger charge is 2.34. The molecule has 0 N–H and O–H groups in total. The Hall–Kier alpha value is -4.10. The molecule has 6 nitrogen and oxygen atoms in total. The number of aromatic nitrogens is 3. The van der Waals surface area contributed by atoms with Gasteiger partial charge in [0.25, 0.3) is 11.8 Å². The normalized spacial score (nSPS) is 15.3. The molecule has 2 aliphatic rings. The Morgan fingerprint density at radius 2 is 1.56 bits per heavy atom. The number of fused-ring (bicyclic) bond motifs is 2. The van der Waals surface area contributed by atoms with E-state index in [0.717, 1.165) is 63.5 Å². The fourth-order valence-electron chi connectivity index (χ4n) is 5.84. The van der Waals surface area contributed by atoms with Gasteiger partial charge in [-0.25, -0.2) is 0 Å². The molecule has 5 aromatic rings. The predicted octanol–water partition coefficient (Wildman–Crippen LogP) is 7.87. The maximum Gasteiger partial charge on any atom is 0.259 e. The first kappa shape index (κ1) is 24.0. The van der Waals surface area contributed by atoms with Crippen LogP contribution in [0.1, 0.15) is 47.4 Å². The molecule has 0 radical (unpaired) electrons. The van der Waals surface area contributed by atoms with E-state index in [1.165, 1.54) is 11.4 Å². The molecule has 3 heterocycles. The minimum absolute atomic E-state index is 0.0899. The molecule has 39 heavy (non-hydrogen) atoms. The SMILES string of the molecule is Cc1ccc(C)n1-c1ccc(-c2nc(-c3ccc4c(c3)Sc3ccccc3C(=O)N4C3CCCC3)no2)cc1. The van der Waals surface area contributed by atoms with Crippen molar-refractivity contribution in [2.45, 2.75) is 55.4 Å². The lowest BCUT2D eigenvalue weighted by atomic mass is 10.1. The van der Waals surface area contributed by atoms with Crippen LogP contribution in [0.15, 0.2) is 93.2 Å². The Morgan fingerprint density at radius 3 is 2.33 bits per heavy atom. The number of amides is 1. The number of aryl methyl sites for hydroxylation is 2. The summed E-state index contributed by atoms with van der Waals surface area (Å²) in [6, 6.07) is 26.7. The van der Waals surface area contributed by atoms with Crippen LogP contribution < -0.4 is 4.90 Å². The van der Waals surface area contributed by atoms with Crippen LogP contribution in [0.5, 0.6) is 0 Å². The van der Waals surface area contributed by atoms with Crippen LogP contribution in [0, 0.1) is 13.8 Å². The molecule has 194 valence electrons. The number of benzene rings is 3. The van der Waals surface area contributed by atoms with Gasteiger partial charge in [0.05, 0.1) is 11.3 Å². The Balaban J connectivity index is 1.23. The Morgan fingerprint density at radius 1 is 0.846 bits per heavy atom. The zero-order valence-electron chi connectivity index (χ0n) is 21.9. The van der Waals surface area contributed by atoms with Gasteiger partial charge in [-0.1, -0.05) is 41.9 Å². The molecule has 1 aliphatic heterocycles. The lowest BCUT2D eigenvalue weighted by molar-refractivity contribution is 0.0974. The summed E-state index contributed by atoms with van der Waals surface area (Å²) in [5.74, 6) is 1.10. The summed E-state index contributed by atoms with van der Waals surface area (Å²) in [7, 11) is 0. The highest BCUT2D eigenvalue weighted by atomic mass is 32.2. The van der Waals surface area contributed by atoms with E-state index in [0.29, 0.717) is 11.7 Å². The third-order valence-electron chi connectivity index (χ3n) is 7.79. The van der Waals surface area contributed by atoms with Gasteiger partial charge in [-0.05, 0) is 93.4 Å². The summed E-state index contributed by atoms with van der Waals surface area (Å²) in [4.78, 5) is 22.5. The number of anilines is 1. The van der Waals surface area contributed by atoms with Gasteiger partial charge in [0.15, 0.2) is 0 Å². The lowest BCUT2D eigenvalue weighted by Crippen LogP contribution is -2.39. The van der Waals surface area contributed by atoms with E-state index in [4.69, 9.17) is 9.51 Å². The van der Waals surface area contributed by atoms with Gasteiger partial charge < -0.3 is 14.0 Å². The lowest BCUT2D eigenvalue weighted by Gasteiger charge is -2.29. The zero-order valence-corrected chi connectivity index (χ0v) is 22.7. The van der Waals surface area contributed by atoms with Gasteiger partial charge in [0.2, 0.25) is 5.82 Å². The van der Waals surface area contributed by atoms with Crippen molar-refractivity contribution in [2.75, 3.05) is 4.90 Å². The smallest absolute Gasteiger partial charge is 0.259 e. The van der Waals surface area contributed by atoms with Crippen LogP contribution >= 0.6 is 11.8 Å². The summed E-state index contributed by atoms with van der Waals surface area (Å²) in [5.41, 5.74) is 6.95. The van der Waals surface area contributed by atoms with Crippen LogP contribution in [0.25, 0.3) is 28.5 Å². The second-order valence-electron chi connectivity index (χ2n) is 10.3. The zero-order chi connectivity index (χ0) is 26.5. The van der Waals surface area contributed by atoms with Crippen molar-refractivity contribution in [1.29, 1.82) is 0 Å². The molecule has 7 rings (SSSR count). The highest BCUT2D eigenvalue weighted by molar-refractivity contribution is 7.99. The Kier molecular flexibility index (Phi) is 5.89. The third-order valence-corrected chi connectivity index (χ3v) is 8.92. The van der Waals surface area contributed by atoms with Crippen LogP contribution in [-0.4, -0.2) is 26.7 Å². The molecule has 2 aromatic heterocycles. The average Bonchev–Trinajstić information content (AvgIpc) is 3.71. The minimum atomic E-state index is 0.0899. The second kappa shape index (κ2) is 9.58. The first-order chi connectivity index (χ1) is 19.1. The highest BCUT2D eigenvalue weighted by Crippen LogP contribution is 2.45. The van der Waals surface area contributed by atoms with Crippen molar-refractivity contribution in [3.8, 4) is 28.5 Å². The van der Waals surface area contributed by atoms with Gasteiger partial charge in [-0.15, -0.1) is 0 Å². The quantitative estimate of drug-likeness (QED) is 0.236. The van der Waals surface area contributed by atoms with E-state index in [1.54, 1.807) is 11.8 Å². The maximum absolute atomic E-state index is 13.7. The van der Waals surface area contributed by atoms with Crippen molar-refractivity contribution in [1.82, 2.24) is 14.7 Å². The van der Waals surface area contributed by atoms with E-state index in [1.807, 2.05) is 53.4 Å². The number of carbonyl (C=O) groups is 1. The Bertz CT molecular complexity index is 1680. The largest absolute Gasteiger partial charge is 0.334 e. The molecule has 0 saturated heterocycles. The monoisotopic (exact) mass is 532 g/mol. The first-order valence-electron chi connectivity index (χ1n) is 13.4. The number of hydrogen-bond acceptors (Lipinski definition) is 5. The molecule has 0 unspecified atom stereocenters. The van der Waals surface area contributed by atoms with Crippen LogP contribution in [0.2, 0.25) is 0 Å². The molecule has 1 amide bonds. The number of nitrogens with zero attached hydrogens (tertiary/aromatic N) is 4. The summed E-state index contributed by atoms with van der Waals surface area (Å²) in [6.07, 6.45) is 4.40. The standard InChI is InChI=1S/C32H28N4O2S/c1-20-11-12-21(2)35(20)25-16-13-22(14-17-25)31-33-30(34-38-31)23-15-18-27-29(19-23)39-28-10-6-5-9-26(28)32(37)36(27)24-7-3-4-8-24/h5-6,9-19,24H,3-4,7-8H2,1-2H3. The molecule has 7 heteroatoms. The van der Waals surface area contributed by atoms with Gasteiger partial charge in [0, 0.05) is 44.0 Å².